The van der Waals surface area contributed by atoms with Crippen molar-refractivity contribution in [2.75, 3.05) is 47.1 Å². The summed E-state index contributed by atoms with van der Waals surface area (Å²) < 4.78 is 22.3. The first kappa shape index (κ1) is 42.1. The van der Waals surface area contributed by atoms with E-state index in [9.17, 15) is 19.5 Å². The molecule has 1 aliphatic heterocycles. The molecule has 2 rings (SSSR count). The highest BCUT2D eigenvalue weighted by Crippen LogP contribution is 2.32. The number of methoxy groups -OCH3 is 2. The molecular formula is C38H65N3O8. The van der Waals surface area contributed by atoms with Gasteiger partial charge in [-0.25, -0.2) is 4.79 Å². The van der Waals surface area contributed by atoms with Gasteiger partial charge in [0.1, 0.15) is 5.60 Å². The molecule has 0 aliphatic carbocycles. The van der Waals surface area contributed by atoms with Gasteiger partial charge >= 0.3 is 6.09 Å². The maximum absolute atomic E-state index is 13.5. The number of carbonyl (C=O) groups is 3. The van der Waals surface area contributed by atoms with Crippen LogP contribution in [-0.2, 0) is 25.5 Å². The van der Waals surface area contributed by atoms with Gasteiger partial charge in [-0.3, -0.25) is 9.59 Å². The minimum absolute atomic E-state index is 0.0288. The number of benzene rings is 1. The minimum atomic E-state index is -0.985. The highest BCUT2D eigenvalue weighted by molar-refractivity contribution is 5.79. The fourth-order valence-electron chi connectivity index (χ4n) is 6.27. The molecule has 0 spiro atoms. The van der Waals surface area contributed by atoms with Crippen molar-refractivity contribution in [2.24, 2.45) is 29.6 Å². The van der Waals surface area contributed by atoms with E-state index < -0.39 is 29.8 Å². The summed E-state index contributed by atoms with van der Waals surface area (Å²) in [6, 6.07) is 5.28. The summed E-state index contributed by atoms with van der Waals surface area (Å²) in [5, 5.41) is 17.8. The maximum atomic E-state index is 13.5. The monoisotopic (exact) mass is 691 g/mol. The van der Waals surface area contributed by atoms with E-state index in [1.165, 1.54) is 0 Å². The van der Waals surface area contributed by atoms with Crippen molar-refractivity contribution in [3.05, 3.63) is 23.8 Å². The first-order valence-corrected chi connectivity index (χ1v) is 18.0. The van der Waals surface area contributed by atoms with E-state index in [0.29, 0.717) is 63.1 Å². The molecule has 1 aliphatic rings. The number of likely N-dealkylation sites (tertiary alicyclic amines) is 1. The number of hydrogen-bond donors (Lipinski definition) is 3. The highest BCUT2D eigenvalue weighted by Gasteiger charge is 2.34. The molecule has 1 saturated heterocycles. The number of ether oxygens (including phenoxy) is 4. The van der Waals surface area contributed by atoms with Gasteiger partial charge in [0.15, 0.2) is 11.5 Å². The van der Waals surface area contributed by atoms with Crippen LogP contribution in [0.4, 0.5) is 4.79 Å². The van der Waals surface area contributed by atoms with E-state index in [-0.39, 0.29) is 36.0 Å². The standard InChI is InChI=1S/C38H65N3O8/c1-25(2)30(20-29-12-13-34(47-10)35(21-29)48-19-11-18-46-9)22-32(40-37(45)49-38(6,7)8)33(43)23-31(26(3)4)36(44)39-24-28-14-16-41(17-15-28)27(5)42/h12-13,21,25-26,28,30-33,43H,11,14-20,22-24H2,1-10H3,(H,39,44)(H,40,45)/t30-,31-,32-,33-/m0/s1. The molecule has 1 heterocycles. The maximum Gasteiger partial charge on any atom is 0.407 e. The molecule has 280 valence electrons. The van der Waals surface area contributed by atoms with Gasteiger partial charge in [-0.1, -0.05) is 33.8 Å². The lowest BCUT2D eigenvalue weighted by atomic mass is 9.80. The van der Waals surface area contributed by atoms with Crippen LogP contribution < -0.4 is 20.1 Å². The van der Waals surface area contributed by atoms with Gasteiger partial charge < -0.3 is 39.6 Å². The van der Waals surface area contributed by atoms with Crippen LogP contribution in [0.2, 0.25) is 0 Å². The number of amides is 3. The largest absolute Gasteiger partial charge is 0.493 e. The highest BCUT2D eigenvalue weighted by atomic mass is 16.6. The number of nitrogens with one attached hydrogen (secondary N) is 2. The molecule has 3 N–H and O–H groups in total. The molecule has 1 aromatic rings. The molecule has 11 nitrogen and oxygen atoms in total. The molecule has 0 aromatic heterocycles. The predicted octanol–water partition coefficient (Wildman–Crippen LogP) is 5.61. The average Bonchev–Trinajstić information content (AvgIpc) is 3.02. The SMILES string of the molecule is COCCCOc1cc(C[C@@H](C[C@H](NC(=O)OC(C)(C)C)[C@@H](O)C[C@H](C(=O)NCC2CCN(C(C)=O)CC2)C(C)C)C(C)C)ccc1OC. The van der Waals surface area contributed by atoms with Crippen molar-refractivity contribution >= 4 is 17.9 Å². The Labute approximate surface area is 295 Å². The molecule has 0 unspecified atom stereocenters. The number of alkyl carbamates (subject to hydrolysis) is 1. The number of aliphatic hydroxyl groups excluding tert-OH is 1. The van der Waals surface area contributed by atoms with Crippen LogP contribution in [-0.4, -0.2) is 92.7 Å². The Kier molecular flexibility index (Phi) is 17.7. The van der Waals surface area contributed by atoms with Crippen LogP contribution in [0.3, 0.4) is 0 Å². The number of piperidine rings is 1. The molecule has 1 fully saturated rings. The van der Waals surface area contributed by atoms with Crippen LogP contribution in [0.1, 0.15) is 93.1 Å². The zero-order valence-corrected chi connectivity index (χ0v) is 31.8. The second-order valence-corrected chi connectivity index (χ2v) is 15.2. The van der Waals surface area contributed by atoms with E-state index in [1.807, 2.05) is 36.9 Å². The second-order valence-electron chi connectivity index (χ2n) is 15.2. The van der Waals surface area contributed by atoms with Crippen molar-refractivity contribution in [3.8, 4) is 11.5 Å². The van der Waals surface area contributed by atoms with Crippen LogP contribution in [0, 0.1) is 29.6 Å². The van der Waals surface area contributed by atoms with Gasteiger partial charge in [-0.05, 0) is 94.2 Å². The number of hydrogen-bond acceptors (Lipinski definition) is 8. The topological polar surface area (TPSA) is 136 Å². The van der Waals surface area contributed by atoms with Crippen molar-refractivity contribution in [2.45, 2.75) is 112 Å². The summed E-state index contributed by atoms with van der Waals surface area (Å²) in [4.78, 5) is 40.1. The Bertz CT molecular complexity index is 1160. The van der Waals surface area contributed by atoms with Gasteiger partial charge in [-0.15, -0.1) is 0 Å². The molecule has 11 heteroatoms. The zero-order valence-electron chi connectivity index (χ0n) is 31.8. The summed E-state index contributed by atoms with van der Waals surface area (Å²) in [5.74, 6) is 1.43. The summed E-state index contributed by atoms with van der Waals surface area (Å²) in [7, 11) is 3.28. The molecular weight excluding hydrogens is 626 g/mol. The fourth-order valence-corrected chi connectivity index (χ4v) is 6.27. The third kappa shape index (κ3) is 15.2. The Morgan fingerprint density at radius 3 is 2.20 bits per heavy atom. The fraction of sp³-hybridized carbons (Fsp3) is 0.763. The number of carbonyl (C=O) groups excluding carboxylic acids is 3. The smallest absolute Gasteiger partial charge is 0.407 e. The summed E-state index contributed by atoms with van der Waals surface area (Å²) in [6.07, 6.45) is 2.23. The predicted molar refractivity (Wildman–Crippen MR) is 192 cm³/mol. The Hall–Kier alpha value is -3.05. The quantitative estimate of drug-likeness (QED) is 0.160. The van der Waals surface area contributed by atoms with Crippen LogP contribution in [0.15, 0.2) is 18.2 Å². The van der Waals surface area contributed by atoms with Gasteiger partial charge in [0, 0.05) is 52.6 Å². The van der Waals surface area contributed by atoms with Crippen LogP contribution >= 0.6 is 0 Å². The number of aliphatic hydroxyl groups is 1. The molecule has 49 heavy (non-hydrogen) atoms. The number of rotatable bonds is 19. The van der Waals surface area contributed by atoms with Gasteiger partial charge in [-0.2, -0.15) is 0 Å². The summed E-state index contributed by atoms with van der Waals surface area (Å²) >= 11 is 0. The van der Waals surface area contributed by atoms with E-state index in [4.69, 9.17) is 18.9 Å². The first-order valence-electron chi connectivity index (χ1n) is 18.0. The number of nitrogens with zero attached hydrogens (tertiary/aromatic N) is 1. The van der Waals surface area contributed by atoms with Crippen molar-refractivity contribution < 1.29 is 38.4 Å². The lowest BCUT2D eigenvalue weighted by molar-refractivity contribution is -0.131. The zero-order chi connectivity index (χ0) is 36.7. The third-order valence-electron chi connectivity index (χ3n) is 9.40. The molecule has 0 saturated carbocycles. The Morgan fingerprint density at radius 1 is 0.980 bits per heavy atom. The third-order valence-corrected chi connectivity index (χ3v) is 9.40. The van der Waals surface area contributed by atoms with E-state index in [0.717, 1.165) is 24.8 Å². The second kappa shape index (κ2) is 20.6. The van der Waals surface area contributed by atoms with E-state index in [1.54, 1.807) is 41.9 Å². The van der Waals surface area contributed by atoms with Gasteiger partial charge in [0.2, 0.25) is 11.8 Å². The van der Waals surface area contributed by atoms with Crippen molar-refractivity contribution in [3.63, 3.8) is 0 Å². The molecule has 0 radical (unpaired) electrons. The minimum Gasteiger partial charge on any atom is -0.493 e. The average molecular weight is 692 g/mol. The molecule has 0 bridgehead atoms. The summed E-state index contributed by atoms with van der Waals surface area (Å²) in [6.45, 7) is 18.3. The van der Waals surface area contributed by atoms with E-state index in [2.05, 4.69) is 24.5 Å². The van der Waals surface area contributed by atoms with Gasteiger partial charge in [0.05, 0.1) is 25.9 Å². The lowest BCUT2D eigenvalue weighted by Crippen LogP contribution is -2.49. The van der Waals surface area contributed by atoms with Crippen molar-refractivity contribution in [1.29, 1.82) is 0 Å². The van der Waals surface area contributed by atoms with Gasteiger partial charge in [0.25, 0.3) is 0 Å². The normalized spacial score (nSPS) is 16.6. The molecule has 4 atom stereocenters. The van der Waals surface area contributed by atoms with Crippen molar-refractivity contribution in [1.82, 2.24) is 15.5 Å². The van der Waals surface area contributed by atoms with Crippen LogP contribution in [0.25, 0.3) is 0 Å². The first-order chi connectivity index (χ1) is 23.0. The molecule has 1 aromatic carbocycles. The summed E-state index contributed by atoms with van der Waals surface area (Å²) in [5.41, 5.74) is 0.348. The Balaban J connectivity index is 2.21. The van der Waals surface area contributed by atoms with Crippen LogP contribution in [0.5, 0.6) is 11.5 Å². The molecule has 3 amide bonds. The Morgan fingerprint density at radius 2 is 1.65 bits per heavy atom. The lowest BCUT2D eigenvalue weighted by Gasteiger charge is -2.34. The van der Waals surface area contributed by atoms with E-state index >= 15 is 0 Å².